The van der Waals surface area contributed by atoms with Crippen molar-refractivity contribution >= 4 is 29.1 Å². The molecule has 36 heavy (non-hydrogen) atoms. The number of benzene rings is 3. The van der Waals surface area contributed by atoms with Crippen molar-refractivity contribution in [2.75, 3.05) is 19.0 Å². The maximum Gasteiger partial charge on any atom is 0.419 e. The SMILES string of the molecule is COc1ccc(C(=O)N2CCc3c(ccc(Cl)c3NC(=O)Cc3ccc(C(F)(F)F)c(F)c3)C2)cc1. The fourth-order valence-corrected chi connectivity index (χ4v) is 4.34. The highest BCUT2D eigenvalue weighted by Crippen LogP contribution is 2.34. The predicted molar refractivity (Wildman–Crippen MR) is 127 cm³/mol. The van der Waals surface area contributed by atoms with E-state index in [1.165, 1.54) is 0 Å². The van der Waals surface area contributed by atoms with Crippen molar-refractivity contribution in [2.24, 2.45) is 0 Å². The van der Waals surface area contributed by atoms with Gasteiger partial charge in [-0.15, -0.1) is 0 Å². The number of methoxy groups -OCH3 is 1. The maximum atomic E-state index is 13.9. The van der Waals surface area contributed by atoms with E-state index in [2.05, 4.69) is 5.32 Å². The number of nitrogens with zero attached hydrogens (tertiary/aromatic N) is 1. The van der Waals surface area contributed by atoms with Crippen LogP contribution in [0.5, 0.6) is 5.75 Å². The summed E-state index contributed by atoms with van der Waals surface area (Å²) in [5.74, 6) is -1.50. The van der Waals surface area contributed by atoms with Crippen LogP contribution in [0.4, 0.5) is 23.2 Å². The number of anilines is 1. The molecule has 0 unspecified atom stereocenters. The molecule has 0 aliphatic carbocycles. The Balaban J connectivity index is 1.48. The Morgan fingerprint density at radius 2 is 1.81 bits per heavy atom. The van der Waals surface area contributed by atoms with Crippen LogP contribution in [0.15, 0.2) is 54.6 Å². The number of amides is 2. The third kappa shape index (κ3) is 5.46. The molecule has 0 bridgehead atoms. The number of hydrogen-bond donors (Lipinski definition) is 1. The molecule has 188 valence electrons. The zero-order valence-corrected chi connectivity index (χ0v) is 19.8. The monoisotopic (exact) mass is 520 g/mol. The van der Waals surface area contributed by atoms with E-state index in [0.717, 1.165) is 17.2 Å². The molecule has 0 saturated heterocycles. The summed E-state index contributed by atoms with van der Waals surface area (Å²) in [6, 6.07) is 12.6. The summed E-state index contributed by atoms with van der Waals surface area (Å²) in [6.07, 6.45) is -4.72. The zero-order chi connectivity index (χ0) is 26.0. The van der Waals surface area contributed by atoms with Crippen molar-refractivity contribution in [2.45, 2.75) is 25.6 Å². The number of carbonyl (C=O) groups is 2. The quantitative estimate of drug-likeness (QED) is 0.427. The molecule has 0 saturated carbocycles. The van der Waals surface area contributed by atoms with Crippen LogP contribution in [-0.4, -0.2) is 30.4 Å². The van der Waals surface area contributed by atoms with E-state index in [4.69, 9.17) is 16.3 Å². The summed E-state index contributed by atoms with van der Waals surface area (Å²) in [7, 11) is 1.54. The lowest BCUT2D eigenvalue weighted by Crippen LogP contribution is -2.36. The molecule has 4 rings (SSSR count). The topological polar surface area (TPSA) is 58.6 Å². The molecular formula is C26H21ClF4N2O3. The second kappa shape index (κ2) is 10.2. The minimum Gasteiger partial charge on any atom is -0.497 e. The molecule has 3 aromatic carbocycles. The first-order chi connectivity index (χ1) is 17.1. The summed E-state index contributed by atoms with van der Waals surface area (Å²) >= 11 is 6.34. The van der Waals surface area contributed by atoms with Gasteiger partial charge in [-0.2, -0.15) is 13.2 Å². The van der Waals surface area contributed by atoms with Gasteiger partial charge in [-0.3, -0.25) is 9.59 Å². The van der Waals surface area contributed by atoms with Crippen LogP contribution in [0.25, 0.3) is 0 Å². The summed E-state index contributed by atoms with van der Waals surface area (Å²) in [5.41, 5.74) is 1.18. The van der Waals surface area contributed by atoms with E-state index in [-0.39, 0.29) is 22.9 Å². The van der Waals surface area contributed by atoms with Crippen LogP contribution in [0, 0.1) is 5.82 Å². The molecule has 3 aromatic rings. The van der Waals surface area contributed by atoms with Crippen LogP contribution < -0.4 is 10.1 Å². The first kappa shape index (κ1) is 25.5. The lowest BCUT2D eigenvalue weighted by molar-refractivity contribution is -0.140. The molecule has 2 amide bonds. The van der Waals surface area contributed by atoms with Crippen LogP contribution in [0.3, 0.4) is 0 Å². The largest absolute Gasteiger partial charge is 0.497 e. The maximum absolute atomic E-state index is 13.9. The standard InChI is InChI=1S/C26H21ClF4N2O3/c1-36-18-6-3-16(4-7-18)25(35)33-11-10-19-17(14-33)5-9-21(27)24(19)32-23(34)13-15-2-8-20(22(28)12-15)26(29,30)31/h2-9,12H,10-11,13-14H2,1H3,(H,32,34). The van der Waals surface area contributed by atoms with E-state index >= 15 is 0 Å². The van der Waals surface area contributed by atoms with Crippen LogP contribution in [0.2, 0.25) is 5.02 Å². The Morgan fingerprint density at radius 3 is 2.44 bits per heavy atom. The summed E-state index contributed by atoms with van der Waals surface area (Å²) in [4.78, 5) is 27.3. The Hall–Kier alpha value is -3.59. The summed E-state index contributed by atoms with van der Waals surface area (Å²) in [6.45, 7) is 0.704. The lowest BCUT2D eigenvalue weighted by atomic mass is 9.96. The van der Waals surface area contributed by atoms with E-state index < -0.39 is 23.5 Å². The van der Waals surface area contributed by atoms with Gasteiger partial charge in [0.2, 0.25) is 5.91 Å². The van der Waals surface area contributed by atoms with E-state index in [1.807, 2.05) is 0 Å². The Labute approximate surface area is 209 Å². The van der Waals surface area contributed by atoms with Crippen molar-refractivity contribution in [3.63, 3.8) is 0 Å². The van der Waals surface area contributed by atoms with Gasteiger partial charge in [0, 0.05) is 18.7 Å². The first-order valence-electron chi connectivity index (χ1n) is 11.0. The van der Waals surface area contributed by atoms with Crippen molar-refractivity contribution < 1.29 is 31.9 Å². The second-order valence-corrected chi connectivity index (χ2v) is 8.71. The Bertz CT molecular complexity index is 1310. The molecule has 5 nitrogen and oxygen atoms in total. The number of rotatable bonds is 5. The highest BCUT2D eigenvalue weighted by Gasteiger charge is 2.34. The Morgan fingerprint density at radius 1 is 1.08 bits per heavy atom. The molecule has 0 atom stereocenters. The van der Waals surface area contributed by atoms with E-state index in [1.54, 1.807) is 48.4 Å². The van der Waals surface area contributed by atoms with Crippen LogP contribution in [0.1, 0.15) is 32.6 Å². The third-order valence-corrected chi connectivity index (χ3v) is 6.26. The van der Waals surface area contributed by atoms with Gasteiger partial charge >= 0.3 is 6.18 Å². The lowest BCUT2D eigenvalue weighted by Gasteiger charge is -2.30. The van der Waals surface area contributed by atoms with Gasteiger partial charge in [0.25, 0.3) is 5.91 Å². The Kier molecular flexibility index (Phi) is 7.21. The second-order valence-electron chi connectivity index (χ2n) is 8.30. The van der Waals surface area contributed by atoms with Gasteiger partial charge in [-0.25, -0.2) is 4.39 Å². The first-order valence-corrected chi connectivity index (χ1v) is 11.3. The summed E-state index contributed by atoms with van der Waals surface area (Å²) in [5, 5.41) is 2.99. The molecule has 1 heterocycles. The van der Waals surface area contributed by atoms with Crippen molar-refractivity contribution in [1.29, 1.82) is 0 Å². The molecule has 0 fully saturated rings. The number of fused-ring (bicyclic) bond motifs is 1. The number of nitrogens with one attached hydrogen (secondary N) is 1. The smallest absolute Gasteiger partial charge is 0.419 e. The minimum atomic E-state index is -4.82. The summed E-state index contributed by atoms with van der Waals surface area (Å²) < 4.78 is 57.3. The van der Waals surface area contributed by atoms with Crippen LogP contribution in [-0.2, 0) is 30.4 Å². The van der Waals surface area contributed by atoms with Gasteiger partial charge in [-0.1, -0.05) is 23.7 Å². The molecule has 0 radical (unpaired) electrons. The number of halogens is 5. The fraction of sp³-hybridized carbons (Fsp3) is 0.231. The highest BCUT2D eigenvalue weighted by molar-refractivity contribution is 6.34. The number of ether oxygens (including phenoxy) is 1. The number of hydrogen-bond acceptors (Lipinski definition) is 3. The molecule has 1 aliphatic rings. The average molecular weight is 521 g/mol. The van der Waals surface area contributed by atoms with Gasteiger partial charge in [-0.05, 0) is 65.6 Å². The highest BCUT2D eigenvalue weighted by atomic mass is 35.5. The third-order valence-electron chi connectivity index (χ3n) is 5.94. The molecule has 10 heteroatoms. The fourth-order valence-electron chi connectivity index (χ4n) is 4.12. The zero-order valence-electron chi connectivity index (χ0n) is 19.1. The number of carbonyl (C=O) groups excluding carboxylic acids is 2. The predicted octanol–water partition coefficient (Wildman–Crippen LogP) is 5.89. The van der Waals surface area contributed by atoms with Gasteiger partial charge in [0.05, 0.1) is 29.8 Å². The molecule has 0 spiro atoms. The van der Waals surface area contributed by atoms with E-state index in [0.29, 0.717) is 48.6 Å². The molecule has 0 aromatic heterocycles. The minimum absolute atomic E-state index is 0.0928. The normalized spacial score (nSPS) is 13.2. The van der Waals surface area contributed by atoms with Gasteiger partial charge in [0.1, 0.15) is 11.6 Å². The molecule has 1 aliphatic heterocycles. The average Bonchev–Trinajstić information content (AvgIpc) is 2.84. The van der Waals surface area contributed by atoms with Gasteiger partial charge in [0.15, 0.2) is 0 Å². The number of alkyl halides is 3. The molecular weight excluding hydrogens is 500 g/mol. The van der Waals surface area contributed by atoms with Gasteiger partial charge < -0.3 is 15.0 Å². The molecule has 1 N–H and O–H groups in total. The van der Waals surface area contributed by atoms with E-state index in [9.17, 15) is 27.2 Å². The van der Waals surface area contributed by atoms with Crippen molar-refractivity contribution in [1.82, 2.24) is 4.90 Å². The van der Waals surface area contributed by atoms with Crippen molar-refractivity contribution in [3.8, 4) is 5.75 Å². The van der Waals surface area contributed by atoms with Crippen LogP contribution >= 0.6 is 11.6 Å². The van der Waals surface area contributed by atoms with Crippen molar-refractivity contribution in [3.05, 3.63) is 93.3 Å².